The van der Waals surface area contributed by atoms with E-state index in [-0.39, 0.29) is 5.38 Å². The van der Waals surface area contributed by atoms with Gasteiger partial charge in [-0.2, -0.15) is 0 Å². The van der Waals surface area contributed by atoms with Crippen molar-refractivity contribution in [3.05, 3.63) is 23.9 Å². The van der Waals surface area contributed by atoms with Gasteiger partial charge in [0.2, 0.25) is 0 Å². The van der Waals surface area contributed by atoms with Crippen LogP contribution in [0.2, 0.25) is 0 Å². The molecule has 1 unspecified atom stereocenters. The lowest BCUT2D eigenvalue weighted by molar-refractivity contribution is 0.749. The van der Waals surface area contributed by atoms with Crippen LogP contribution in [0, 0.1) is 6.92 Å². The third kappa shape index (κ3) is 4.47. The van der Waals surface area contributed by atoms with E-state index < -0.39 is 0 Å². The van der Waals surface area contributed by atoms with Gasteiger partial charge in [0.1, 0.15) is 5.82 Å². The van der Waals surface area contributed by atoms with Crippen molar-refractivity contribution in [3.63, 3.8) is 0 Å². The SMILES string of the molecule is Cc1ccc(NCCCC(C)Cl)nc1. The van der Waals surface area contributed by atoms with Crippen molar-refractivity contribution in [1.82, 2.24) is 4.98 Å². The summed E-state index contributed by atoms with van der Waals surface area (Å²) < 4.78 is 0. The standard InChI is InChI=1S/C11H17ClN2/c1-9-5-6-11(14-8-9)13-7-3-4-10(2)12/h5-6,8,10H,3-4,7H2,1-2H3,(H,13,14). The molecule has 1 N–H and O–H groups in total. The molecule has 1 atom stereocenters. The molecule has 1 rings (SSSR count). The molecule has 0 aliphatic heterocycles. The van der Waals surface area contributed by atoms with Crippen LogP contribution in [0.1, 0.15) is 25.3 Å². The molecule has 0 bridgehead atoms. The summed E-state index contributed by atoms with van der Waals surface area (Å²) in [5.74, 6) is 0.942. The maximum atomic E-state index is 5.84. The average Bonchev–Trinajstić information content (AvgIpc) is 2.15. The first kappa shape index (κ1) is 11.3. The number of aromatic nitrogens is 1. The minimum Gasteiger partial charge on any atom is -0.370 e. The van der Waals surface area contributed by atoms with Gasteiger partial charge in [-0.05, 0) is 38.3 Å². The molecule has 0 saturated heterocycles. The predicted molar refractivity (Wildman–Crippen MR) is 62.0 cm³/mol. The van der Waals surface area contributed by atoms with E-state index in [1.54, 1.807) is 0 Å². The van der Waals surface area contributed by atoms with Gasteiger partial charge in [-0.25, -0.2) is 4.98 Å². The third-order valence-electron chi connectivity index (χ3n) is 2.00. The van der Waals surface area contributed by atoms with Gasteiger partial charge < -0.3 is 5.32 Å². The van der Waals surface area contributed by atoms with Crippen molar-refractivity contribution >= 4 is 17.4 Å². The Bertz CT molecular complexity index is 256. The van der Waals surface area contributed by atoms with Crippen molar-refractivity contribution < 1.29 is 0 Å². The molecule has 0 amide bonds. The molecule has 0 spiro atoms. The van der Waals surface area contributed by atoms with E-state index >= 15 is 0 Å². The van der Waals surface area contributed by atoms with Gasteiger partial charge in [0.05, 0.1) is 0 Å². The normalized spacial score (nSPS) is 12.5. The highest BCUT2D eigenvalue weighted by Gasteiger charge is 1.96. The fourth-order valence-electron chi connectivity index (χ4n) is 1.17. The lowest BCUT2D eigenvalue weighted by Gasteiger charge is -2.06. The van der Waals surface area contributed by atoms with Gasteiger partial charge in [-0.15, -0.1) is 11.6 Å². The molecule has 1 heterocycles. The number of alkyl halides is 1. The van der Waals surface area contributed by atoms with E-state index in [4.69, 9.17) is 11.6 Å². The van der Waals surface area contributed by atoms with Crippen LogP contribution in [0.5, 0.6) is 0 Å². The Kier molecular flexibility index (Phi) is 4.74. The van der Waals surface area contributed by atoms with E-state index in [0.29, 0.717) is 0 Å². The first-order valence-electron chi connectivity index (χ1n) is 4.99. The van der Waals surface area contributed by atoms with Gasteiger partial charge in [0.15, 0.2) is 0 Å². The highest BCUT2D eigenvalue weighted by Crippen LogP contribution is 2.06. The summed E-state index contributed by atoms with van der Waals surface area (Å²) >= 11 is 5.84. The Morgan fingerprint density at radius 1 is 1.50 bits per heavy atom. The Morgan fingerprint density at radius 3 is 2.86 bits per heavy atom. The highest BCUT2D eigenvalue weighted by molar-refractivity contribution is 6.20. The molecule has 0 radical (unpaired) electrons. The van der Waals surface area contributed by atoms with E-state index in [0.717, 1.165) is 25.2 Å². The van der Waals surface area contributed by atoms with Crippen molar-refractivity contribution in [3.8, 4) is 0 Å². The molecule has 0 aromatic carbocycles. The first-order valence-corrected chi connectivity index (χ1v) is 5.42. The number of nitrogens with zero attached hydrogens (tertiary/aromatic N) is 1. The summed E-state index contributed by atoms with van der Waals surface area (Å²) in [5, 5.41) is 3.52. The Balaban J connectivity index is 2.21. The second-order valence-electron chi connectivity index (χ2n) is 3.57. The molecule has 2 nitrogen and oxygen atoms in total. The zero-order chi connectivity index (χ0) is 10.4. The largest absolute Gasteiger partial charge is 0.370 e. The molecule has 78 valence electrons. The number of halogens is 1. The topological polar surface area (TPSA) is 24.9 Å². The van der Waals surface area contributed by atoms with Crippen LogP contribution in [-0.2, 0) is 0 Å². The van der Waals surface area contributed by atoms with Crippen LogP contribution in [0.3, 0.4) is 0 Å². The van der Waals surface area contributed by atoms with Gasteiger partial charge in [0, 0.05) is 18.1 Å². The smallest absolute Gasteiger partial charge is 0.125 e. The Morgan fingerprint density at radius 2 is 2.29 bits per heavy atom. The molecule has 0 aliphatic rings. The summed E-state index contributed by atoms with van der Waals surface area (Å²) in [6.07, 6.45) is 3.99. The van der Waals surface area contributed by atoms with Crippen LogP contribution >= 0.6 is 11.6 Å². The number of aryl methyl sites for hydroxylation is 1. The molecule has 1 aromatic rings. The van der Waals surface area contributed by atoms with Crippen LogP contribution in [-0.4, -0.2) is 16.9 Å². The summed E-state index contributed by atoms with van der Waals surface area (Å²) in [6.45, 7) is 4.99. The first-order chi connectivity index (χ1) is 6.68. The second kappa shape index (κ2) is 5.86. The lowest BCUT2D eigenvalue weighted by Crippen LogP contribution is -2.05. The van der Waals surface area contributed by atoms with Crippen molar-refractivity contribution in [2.24, 2.45) is 0 Å². The molecule has 0 fully saturated rings. The predicted octanol–water partition coefficient (Wildman–Crippen LogP) is 3.21. The van der Waals surface area contributed by atoms with Crippen molar-refractivity contribution in [2.45, 2.75) is 32.1 Å². The maximum Gasteiger partial charge on any atom is 0.125 e. The second-order valence-corrected chi connectivity index (χ2v) is 4.32. The van der Waals surface area contributed by atoms with Crippen molar-refractivity contribution in [1.29, 1.82) is 0 Å². The van der Waals surface area contributed by atoms with Gasteiger partial charge >= 0.3 is 0 Å². The van der Waals surface area contributed by atoms with E-state index in [1.165, 1.54) is 5.56 Å². The van der Waals surface area contributed by atoms with E-state index in [2.05, 4.69) is 16.4 Å². The molecule has 1 aromatic heterocycles. The number of hydrogen-bond donors (Lipinski definition) is 1. The van der Waals surface area contributed by atoms with Crippen LogP contribution in [0.4, 0.5) is 5.82 Å². The zero-order valence-electron chi connectivity index (χ0n) is 8.76. The molecule has 3 heteroatoms. The van der Waals surface area contributed by atoms with Gasteiger partial charge in [-0.1, -0.05) is 6.07 Å². The minimum atomic E-state index is 0.266. The fraction of sp³-hybridized carbons (Fsp3) is 0.545. The van der Waals surface area contributed by atoms with E-state index in [9.17, 15) is 0 Å². The maximum absolute atomic E-state index is 5.84. The number of pyridine rings is 1. The molecular weight excluding hydrogens is 196 g/mol. The van der Waals surface area contributed by atoms with Crippen LogP contribution < -0.4 is 5.32 Å². The summed E-state index contributed by atoms with van der Waals surface area (Å²) in [6, 6.07) is 4.05. The third-order valence-corrected chi connectivity index (χ3v) is 2.21. The van der Waals surface area contributed by atoms with Crippen molar-refractivity contribution in [2.75, 3.05) is 11.9 Å². The fourth-order valence-corrected chi connectivity index (χ4v) is 1.33. The van der Waals surface area contributed by atoms with Gasteiger partial charge in [-0.3, -0.25) is 0 Å². The van der Waals surface area contributed by atoms with Crippen LogP contribution in [0.25, 0.3) is 0 Å². The number of anilines is 1. The number of nitrogens with one attached hydrogen (secondary N) is 1. The van der Waals surface area contributed by atoms with Gasteiger partial charge in [0.25, 0.3) is 0 Å². The monoisotopic (exact) mass is 212 g/mol. The molecular formula is C11H17ClN2. The van der Waals surface area contributed by atoms with E-state index in [1.807, 2.05) is 26.1 Å². The highest BCUT2D eigenvalue weighted by atomic mass is 35.5. The lowest BCUT2D eigenvalue weighted by atomic mass is 10.2. The van der Waals surface area contributed by atoms with Crippen LogP contribution in [0.15, 0.2) is 18.3 Å². The Hall–Kier alpha value is -0.760. The number of rotatable bonds is 5. The average molecular weight is 213 g/mol. The minimum absolute atomic E-state index is 0.266. The molecule has 0 saturated carbocycles. The quantitative estimate of drug-likeness (QED) is 0.599. The Labute approximate surface area is 90.7 Å². The summed E-state index contributed by atoms with van der Waals surface area (Å²) in [7, 11) is 0. The molecule has 14 heavy (non-hydrogen) atoms. The molecule has 0 aliphatic carbocycles. The zero-order valence-corrected chi connectivity index (χ0v) is 9.51. The summed E-state index contributed by atoms with van der Waals surface area (Å²) in [4.78, 5) is 4.25. The number of hydrogen-bond acceptors (Lipinski definition) is 2. The summed E-state index contributed by atoms with van der Waals surface area (Å²) in [5.41, 5.74) is 1.19.